The molecule has 1 saturated heterocycles. The maximum Gasteiger partial charge on any atom is 0.231 e. The molecule has 1 N–H and O–H groups in total. The van der Waals surface area contributed by atoms with Crippen LogP contribution in [0.5, 0.6) is 0 Å². The van der Waals surface area contributed by atoms with Gasteiger partial charge in [0.2, 0.25) is 5.91 Å². The van der Waals surface area contributed by atoms with Crippen molar-refractivity contribution in [3.8, 4) is 0 Å². The minimum absolute atomic E-state index is 0.0482. The van der Waals surface area contributed by atoms with Crippen LogP contribution in [0, 0.1) is 0 Å². The quantitative estimate of drug-likeness (QED) is 0.617. The smallest absolute Gasteiger partial charge is 0.231 e. The highest BCUT2D eigenvalue weighted by atomic mass is 16.1. The van der Waals surface area contributed by atoms with E-state index in [1.807, 2.05) is 67.7 Å². The van der Waals surface area contributed by atoms with Gasteiger partial charge < -0.3 is 10.2 Å². The molecule has 2 aromatic carbocycles. The first-order valence-corrected chi connectivity index (χ1v) is 11.1. The molecule has 1 amide bonds. The van der Waals surface area contributed by atoms with E-state index in [1.165, 1.54) is 5.56 Å². The number of aromatic nitrogens is 1. The summed E-state index contributed by atoms with van der Waals surface area (Å²) in [4.78, 5) is 22.0. The monoisotopic (exact) mass is 414 g/mol. The van der Waals surface area contributed by atoms with E-state index < -0.39 is 0 Å². The summed E-state index contributed by atoms with van der Waals surface area (Å²) in [5.74, 6) is 0.978. The molecule has 5 nitrogen and oxygen atoms in total. The predicted octanol–water partition coefficient (Wildman–Crippen LogP) is 4.54. The lowest BCUT2D eigenvalue weighted by molar-refractivity contribution is -0.117. The van der Waals surface area contributed by atoms with Crippen molar-refractivity contribution < 1.29 is 4.79 Å². The molecule has 1 fully saturated rings. The van der Waals surface area contributed by atoms with Gasteiger partial charge in [0.1, 0.15) is 5.82 Å². The summed E-state index contributed by atoms with van der Waals surface area (Å²) in [7, 11) is 0. The Hall–Kier alpha value is -3.18. The van der Waals surface area contributed by atoms with Crippen molar-refractivity contribution in [3.63, 3.8) is 0 Å². The second kappa shape index (κ2) is 10.2. The number of nitrogens with one attached hydrogen (secondary N) is 1. The van der Waals surface area contributed by atoms with E-state index in [-0.39, 0.29) is 11.8 Å². The van der Waals surface area contributed by atoms with Crippen LogP contribution >= 0.6 is 0 Å². The molecule has 31 heavy (non-hydrogen) atoms. The van der Waals surface area contributed by atoms with Gasteiger partial charge in [-0.3, -0.25) is 9.69 Å². The van der Waals surface area contributed by atoms with Gasteiger partial charge in [-0.05, 0) is 41.8 Å². The molecule has 2 heterocycles. The fourth-order valence-electron chi connectivity index (χ4n) is 4.11. The molecule has 0 radical (unpaired) electrons. The number of nitrogens with zero attached hydrogens (tertiary/aromatic N) is 3. The Bertz CT molecular complexity index is 952. The highest BCUT2D eigenvalue weighted by Gasteiger charge is 2.19. The summed E-state index contributed by atoms with van der Waals surface area (Å²) in [5.41, 5.74) is 3.17. The molecular formula is C26H30N4O. The van der Waals surface area contributed by atoms with Crippen molar-refractivity contribution in [1.29, 1.82) is 0 Å². The topological polar surface area (TPSA) is 48.5 Å². The Balaban J connectivity index is 1.29. The van der Waals surface area contributed by atoms with Gasteiger partial charge in [-0.25, -0.2) is 4.98 Å². The van der Waals surface area contributed by atoms with Crippen LogP contribution in [0.1, 0.15) is 30.4 Å². The summed E-state index contributed by atoms with van der Waals surface area (Å²) in [6.45, 7) is 6.99. The van der Waals surface area contributed by atoms with Crippen LogP contribution in [0.25, 0.3) is 0 Å². The van der Waals surface area contributed by atoms with Crippen LogP contribution in [0.3, 0.4) is 0 Å². The lowest BCUT2D eigenvalue weighted by Gasteiger charge is -2.35. The fraction of sp³-hybridized carbons (Fsp3) is 0.308. The Kier molecular flexibility index (Phi) is 6.95. The first kappa shape index (κ1) is 21.1. The van der Waals surface area contributed by atoms with Gasteiger partial charge >= 0.3 is 0 Å². The van der Waals surface area contributed by atoms with Crippen molar-refractivity contribution in [2.24, 2.45) is 0 Å². The Morgan fingerprint density at radius 3 is 2.29 bits per heavy atom. The van der Waals surface area contributed by atoms with E-state index in [4.69, 9.17) is 0 Å². The lowest BCUT2D eigenvalue weighted by Crippen LogP contribution is -2.46. The number of pyridine rings is 1. The van der Waals surface area contributed by atoms with Gasteiger partial charge in [0.15, 0.2) is 0 Å². The van der Waals surface area contributed by atoms with Crippen molar-refractivity contribution >= 4 is 17.4 Å². The molecule has 1 aliphatic heterocycles. The largest absolute Gasteiger partial charge is 0.354 e. The zero-order chi connectivity index (χ0) is 21.5. The number of carbonyl (C=O) groups excluding carboxylic acids is 1. The molecule has 0 unspecified atom stereocenters. The summed E-state index contributed by atoms with van der Waals surface area (Å²) < 4.78 is 0. The summed E-state index contributed by atoms with van der Waals surface area (Å²) in [6, 6.07) is 24.3. The normalized spacial score (nSPS) is 15.5. The van der Waals surface area contributed by atoms with Crippen LogP contribution in [0.2, 0.25) is 0 Å². The predicted molar refractivity (Wildman–Crippen MR) is 126 cm³/mol. The number of piperazine rings is 1. The van der Waals surface area contributed by atoms with Gasteiger partial charge in [-0.15, -0.1) is 0 Å². The molecule has 0 spiro atoms. The third-order valence-corrected chi connectivity index (χ3v) is 5.90. The average molecular weight is 415 g/mol. The third kappa shape index (κ3) is 5.50. The number of anilines is 2. The third-order valence-electron chi connectivity index (χ3n) is 5.90. The van der Waals surface area contributed by atoms with Crippen LogP contribution < -0.4 is 10.2 Å². The Morgan fingerprint density at radius 1 is 0.935 bits per heavy atom. The van der Waals surface area contributed by atoms with E-state index in [0.29, 0.717) is 0 Å². The van der Waals surface area contributed by atoms with E-state index in [2.05, 4.69) is 38.3 Å². The molecule has 1 atom stereocenters. The number of hydrogen-bond acceptors (Lipinski definition) is 4. The minimum atomic E-state index is -0.128. The molecule has 4 rings (SSSR count). The fourth-order valence-corrected chi connectivity index (χ4v) is 4.11. The highest BCUT2D eigenvalue weighted by molar-refractivity contribution is 5.95. The first-order valence-electron chi connectivity index (χ1n) is 11.1. The Morgan fingerprint density at radius 2 is 1.65 bits per heavy atom. The van der Waals surface area contributed by atoms with E-state index in [9.17, 15) is 4.79 Å². The van der Waals surface area contributed by atoms with Crippen LogP contribution in [-0.2, 0) is 11.3 Å². The van der Waals surface area contributed by atoms with Crippen LogP contribution in [0.4, 0.5) is 11.5 Å². The second-order valence-corrected chi connectivity index (χ2v) is 8.01. The number of carbonyl (C=O) groups is 1. The molecular weight excluding hydrogens is 384 g/mol. The molecule has 160 valence electrons. The summed E-state index contributed by atoms with van der Waals surface area (Å²) in [5, 5.41) is 3.08. The van der Waals surface area contributed by atoms with Gasteiger partial charge in [0.05, 0.1) is 5.92 Å². The molecule has 1 aromatic heterocycles. The zero-order valence-electron chi connectivity index (χ0n) is 18.1. The van der Waals surface area contributed by atoms with Crippen molar-refractivity contribution in [3.05, 3.63) is 90.1 Å². The van der Waals surface area contributed by atoms with E-state index in [0.717, 1.165) is 56.2 Å². The summed E-state index contributed by atoms with van der Waals surface area (Å²) in [6.07, 6.45) is 2.63. The molecule has 0 aliphatic carbocycles. The molecule has 0 bridgehead atoms. The Labute approximate surface area is 184 Å². The number of rotatable bonds is 7. The van der Waals surface area contributed by atoms with Crippen molar-refractivity contribution in [2.45, 2.75) is 25.8 Å². The number of hydrogen-bond donors (Lipinski definition) is 1. The van der Waals surface area contributed by atoms with Gasteiger partial charge in [0.25, 0.3) is 0 Å². The van der Waals surface area contributed by atoms with E-state index >= 15 is 0 Å². The molecule has 1 aliphatic rings. The highest BCUT2D eigenvalue weighted by Crippen LogP contribution is 2.22. The summed E-state index contributed by atoms with van der Waals surface area (Å²) >= 11 is 0. The number of amides is 1. The van der Waals surface area contributed by atoms with Crippen LogP contribution in [0.15, 0.2) is 79.0 Å². The first-order chi connectivity index (χ1) is 15.2. The van der Waals surface area contributed by atoms with Crippen molar-refractivity contribution in [1.82, 2.24) is 9.88 Å². The molecule has 3 aromatic rings. The maximum atomic E-state index is 12.8. The van der Waals surface area contributed by atoms with Crippen molar-refractivity contribution in [2.75, 3.05) is 36.4 Å². The zero-order valence-corrected chi connectivity index (χ0v) is 18.1. The maximum absolute atomic E-state index is 12.8. The van der Waals surface area contributed by atoms with Gasteiger partial charge in [0, 0.05) is 44.6 Å². The second-order valence-electron chi connectivity index (χ2n) is 8.01. The average Bonchev–Trinajstić information content (AvgIpc) is 2.83. The minimum Gasteiger partial charge on any atom is -0.354 e. The molecule has 0 saturated carbocycles. The van der Waals surface area contributed by atoms with E-state index in [1.54, 1.807) is 0 Å². The van der Waals surface area contributed by atoms with Gasteiger partial charge in [-0.2, -0.15) is 0 Å². The van der Waals surface area contributed by atoms with Gasteiger partial charge in [-0.1, -0.05) is 55.5 Å². The van der Waals surface area contributed by atoms with Crippen LogP contribution in [-0.4, -0.2) is 42.0 Å². The number of benzene rings is 2. The lowest BCUT2D eigenvalue weighted by atomic mass is 9.95. The molecule has 5 heteroatoms. The standard InChI is InChI=1S/C26H30N4O/c1-2-24(22-8-4-3-5-9-22)26(31)28-23-13-11-21(12-14-23)20-29-16-18-30(19-17-29)25-10-6-7-15-27-25/h3-15,24H,2,16-20H2,1H3,(H,28,31)/t24-/m1/s1. The SMILES string of the molecule is CC[C@@H](C(=O)Nc1ccc(CN2CCN(c3ccccn3)CC2)cc1)c1ccccc1.